The van der Waals surface area contributed by atoms with Gasteiger partial charge in [0.2, 0.25) is 0 Å². The number of alkyl halides is 3. The van der Waals surface area contributed by atoms with Gasteiger partial charge < -0.3 is 15.8 Å². The third-order valence-corrected chi connectivity index (χ3v) is 3.14. The van der Waals surface area contributed by atoms with Crippen LogP contribution in [0.1, 0.15) is 28.8 Å². The van der Waals surface area contributed by atoms with E-state index in [1.165, 1.54) is 0 Å². The van der Waals surface area contributed by atoms with Crippen molar-refractivity contribution in [3.05, 3.63) is 29.3 Å². The van der Waals surface area contributed by atoms with Gasteiger partial charge in [-0.3, -0.25) is 4.79 Å². The minimum Gasteiger partial charge on any atom is -0.398 e. The Balaban J connectivity index is 2.08. The first kappa shape index (κ1) is 14.6. The van der Waals surface area contributed by atoms with Gasteiger partial charge in [-0.05, 0) is 31.0 Å². The molecule has 7 heteroatoms. The smallest absolute Gasteiger partial charge is 0.398 e. The summed E-state index contributed by atoms with van der Waals surface area (Å²) in [7, 11) is 0. The molecule has 110 valence electrons. The molecule has 0 saturated carbocycles. The maximum absolute atomic E-state index is 12.6. The zero-order chi connectivity index (χ0) is 14.8. The van der Waals surface area contributed by atoms with E-state index in [0.717, 1.165) is 31.0 Å². The van der Waals surface area contributed by atoms with E-state index in [1.807, 2.05) is 0 Å². The lowest BCUT2D eigenvalue weighted by atomic mass is 10.1. The highest BCUT2D eigenvalue weighted by Gasteiger charge is 2.31. The normalized spacial score (nSPS) is 19.1. The number of amides is 1. The van der Waals surface area contributed by atoms with Gasteiger partial charge in [0.15, 0.2) is 0 Å². The van der Waals surface area contributed by atoms with Crippen LogP contribution in [0.15, 0.2) is 18.2 Å². The van der Waals surface area contributed by atoms with Crippen molar-refractivity contribution in [3.63, 3.8) is 0 Å². The Morgan fingerprint density at radius 1 is 1.45 bits per heavy atom. The molecular formula is C13H15F3N2O2. The predicted octanol–water partition coefficient (Wildman–Crippen LogP) is 2.20. The maximum atomic E-state index is 12.6. The van der Waals surface area contributed by atoms with Crippen molar-refractivity contribution in [2.24, 2.45) is 0 Å². The minimum absolute atomic E-state index is 0.0165. The summed E-state index contributed by atoms with van der Waals surface area (Å²) >= 11 is 0. The van der Waals surface area contributed by atoms with E-state index in [0.29, 0.717) is 6.61 Å². The van der Waals surface area contributed by atoms with Crippen LogP contribution in [0.3, 0.4) is 0 Å². The molecule has 1 aliphatic heterocycles. The number of hydrogen-bond donors (Lipinski definition) is 2. The zero-order valence-electron chi connectivity index (χ0n) is 10.7. The minimum atomic E-state index is -4.50. The molecule has 0 radical (unpaired) electrons. The largest absolute Gasteiger partial charge is 0.416 e. The Bertz CT molecular complexity index is 497. The monoisotopic (exact) mass is 288 g/mol. The Labute approximate surface area is 114 Å². The average molecular weight is 288 g/mol. The number of ether oxygens (including phenoxy) is 1. The van der Waals surface area contributed by atoms with Gasteiger partial charge in [0.05, 0.1) is 17.2 Å². The van der Waals surface area contributed by atoms with Gasteiger partial charge >= 0.3 is 6.18 Å². The summed E-state index contributed by atoms with van der Waals surface area (Å²) in [5.74, 6) is -0.621. The summed E-state index contributed by atoms with van der Waals surface area (Å²) in [5.41, 5.74) is 4.51. The molecule has 1 saturated heterocycles. The van der Waals surface area contributed by atoms with E-state index in [2.05, 4.69) is 5.32 Å². The first-order valence-corrected chi connectivity index (χ1v) is 6.24. The van der Waals surface area contributed by atoms with Crippen molar-refractivity contribution in [2.45, 2.75) is 25.1 Å². The molecule has 20 heavy (non-hydrogen) atoms. The number of benzene rings is 1. The zero-order valence-corrected chi connectivity index (χ0v) is 10.7. The molecule has 2 rings (SSSR count). The molecule has 1 atom stereocenters. The summed E-state index contributed by atoms with van der Waals surface area (Å²) in [4.78, 5) is 11.9. The third kappa shape index (κ3) is 3.41. The summed E-state index contributed by atoms with van der Waals surface area (Å²) < 4.78 is 43.1. The molecule has 1 unspecified atom stereocenters. The third-order valence-electron chi connectivity index (χ3n) is 3.14. The Hall–Kier alpha value is -1.76. The van der Waals surface area contributed by atoms with Gasteiger partial charge in [0.25, 0.3) is 5.91 Å². The lowest BCUT2D eigenvalue weighted by Gasteiger charge is -2.13. The van der Waals surface area contributed by atoms with Crippen LogP contribution in [0, 0.1) is 0 Å². The second kappa shape index (κ2) is 5.70. The van der Waals surface area contributed by atoms with Crippen molar-refractivity contribution >= 4 is 11.6 Å². The highest BCUT2D eigenvalue weighted by Crippen LogP contribution is 2.31. The summed E-state index contributed by atoms with van der Waals surface area (Å²) in [5, 5.41) is 2.55. The molecule has 1 heterocycles. The van der Waals surface area contributed by atoms with E-state index in [-0.39, 0.29) is 23.9 Å². The number of anilines is 1. The molecule has 0 aliphatic carbocycles. The maximum Gasteiger partial charge on any atom is 0.416 e. The van der Waals surface area contributed by atoms with Crippen LogP contribution in [0.2, 0.25) is 0 Å². The van der Waals surface area contributed by atoms with Crippen LogP contribution in [0.25, 0.3) is 0 Å². The predicted molar refractivity (Wildman–Crippen MR) is 67.2 cm³/mol. The van der Waals surface area contributed by atoms with Crippen molar-refractivity contribution in [2.75, 3.05) is 18.9 Å². The van der Waals surface area contributed by atoms with Gasteiger partial charge in [0, 0.05) is 18.8 Å². The van der Waals surface area contributed by atoms with Crippen LogP contribution in [-0.2, 0) is 10.9 Å². The Morgan fingerprint density at radius 3 is 2.80 bits per heavy atom. The fourth-order valence-electron chi connectivity index (χ4n) is 2.04. The topological polar surface area (TPSA) is 64.4 Å². The number of rotatable bonds is 3. The summed E-state index contributed by atoms with van der Waals surface area (Å²) in [6, 6.07) is 2.70. The van der Waals surface area contributed by atoms with Gasteiger partial charge in [-0.2, -0.15) is 13.2 Å². The van der Waals surface area contributed by atoms with Gasteiger partial charge in [-0.1, -0.05) is 0 Å². The Morgan fingerprint density at radius 2 is 2.20 bits per heavy atom. The van der Waals surface area contributed by atoms with E-state index in [4.69, 9.17) is 10.5 Å². The van der Waals surface area contributed by atoms with Crippen LogP contribution >= 0.6 is 0 Å². The van der Waals surface area contributed by atoms with Gasteiger partial charge in [-0.15, -0.1) is 0 Å². The standard InChI is InChI=1S/C13H15F3N2O2/c14-13(15,16)8-3-4-11(17)10(6-8)12(19)18-7-9-2-1-5-20-9/h3-4,6,9H,1-2,5,7,17H2,(H,18,19). The number of nitrogens with one attached hydrogen (secondary N) is 1. The number of hydrogen-bond acceptors (Lipinski definition) is 3. The van der Waals surface area contributed by atoms with E-state index >= 15 is 0 Å². The molecule has 4 nitrogen and oxygen atoms in total. The lowest BCUT2D eigenvalue weighted by Crippen LogP contribution is -2.32. The summed E-state index contributed by atoms with van der Waals surface area (Å²) in [6.07, 6.45) is -2.83. The van der Waals surface area contributed by atoms with Gasteiger partial charge in [0.1, 0.15) is 0 Å². The highest BCUT2D eigenvalue weighted by molar-refractivity contribution is 5.99. The molecule has 0 aromatic heterocycles. The second-order valence-electron chi connectivity index (χ2n) is 4.64. The van der Waals surface area contributed by atoms with Crippen molar-refractivity contribution in [1.29, 1.82) is 0 Å². The van der Waals surface area contributed by atoms with Crippen molar-refractivity contribution in [3.8, 4) is 0 Å². The number of nitrogens with two attached hydrogens (primary N) is 1. The molecule has 0 bridgehead atoms. The number of carbonyl (C=O) groups is 1. The number of nitrogen functional groups attached to an aromatic ring is 1. The van der Waals surface area contributed by atoms with Crippen LogP contribution in [0.4, 0.5) is 18.9 Å². The molecule has 1 amide bonds. The number of halogens is 3. The molecule has 1 fully saturated rings. The van der Waals surface area contributed by atoms with E-state index in [1.54, 1.807) is 0 Å². The highest BCUT2D eigenvalue weighted by atomic mass is 19.4. The number of carbonyl (C=O) groups excluding carboxylic acids is 1. The van der Waals surface area contributed by atoms with Gasteiger partial charge in [-0.25, -0.2) is 0 Å². The van der Waals surface area contributed by atoms with E-state index < -0.39 is 17.6 Å². The molecule has 1 aromatic rings. The molecular weight excluding hydrogens is 273 g/mol. The SMILES string of the molecule is Nc1ccc(C(F)(F)F)cc1C(=O)NCC1CCCO1. The molecule has 1 aliphatic rings. The molecule has 1 aromatic carbocycles. The Kier molecular flexibility index (Phi) is 4.17. The van der Waals surface area contributed by atoms with Crippen LogP contribution in [0.5, 0.6) is 0 Å². The van der Waals surface area contributed by atoms with Crippen molar-refractivity contribution < 1.29 is 22.7 Å². The van der Waals surface area contributed by atoms with E-state index in [9.17, 15) is 18.0 Å². The van der Waals surface area contributed by atoms with Crippen LogP contribution < -0.4 is 11.1 Å². The van der Waals surface area contributed by atoms with Crippen molar-refractivity contribution in [1.82, 2.24) is 5.32 Å². The fourth-order valence-corrected chi connectivity index (χ4v) is 2.04. The fraction of sp³-hybridized carbons (Fsp3) is 0.462. The average Bonchev–Trinajstić information content (AvgIpc) is 2.88. The first-order valence-electron chi connectivity index (χ1n) is 6.24. The summed E-state index contributed by atoms with van der Waals surface area (Å²) in [6.45, 7) is 0.917. The molecule has 3 N–H and O–H groups in total. The second-order valence-corrected chi connectivity index (χ2v) is 4.64. The lowest BCUT2D eigenvalue weighted by molar-refractivity contribution is -0.137. The molecule has 0 spiro atoms. The first-order chi connectivity index (χ1) is 9.38. The van der Waals surface area contributed by atoms with Crippen LogP contribution in [-0.4, -0.2) is 25.2 Å². The quantitative estimate of drug-likeness (QED) is 0.838.